The monoisotopic (exact) mass is 243 g/mol. The summed E-state index contributed by atoms with van der Waals surface area (Å²) in [6.07, 6.45) is 3.85. The van der Waals surface area contributed by atoms with Crippen LogP contribution < -0.4 is 5.32 Å². The summed E-state index contributed by atoms with van der Waals surface area (Å²) >= 11 is 0. The number of benzene rings is 1. The van der Waals surface area contributed by atoms with E-state index in [0.717, 1.165) is 12.4 Å². The van der Waals surface area contributed by atoms with E-state index in [1.165, 1.54) is 16.8 Å². The van der Waals surface area contributed by atoms with Gasteiger partial charge in [0.1, 0.15) is 5.82 Å². The van der Waals surface area contributed by atoms with Gasteiger partial charge in [-0.3, -0.25) is 0 Å². The quantitative estimate of drug-likeness (QED) is 0.894. The molecular weight excluding hydrogens is 222 g/mol. The minimum atomic E-state index is 0.504. The molecule has 0 radical (unpaired) electrons. The molecule has 1 heterocycles. The number of nitrogens with one attached hydrogen (secondary N) is 1. The average Bonchev–Trinajstić information content (AvgIpc) is 2.74. The Balaban J connectivity index is 2.30. The Bertz CT molecular complexity index is 526. The fourth-order valence-electron chi connectivity index (χ4n) is 1.98. The van der Waals surface area contributed by atoms with Gasteiger partial charge in [-0.15, -0.1) is 0 Å². The summed E-state index contributed by atoms with van der Waals surface area (Å²) in [6.45, 7) is 9.38. The van der Waals surface area contributed by atoms with E-state index in [2.05, 4.69) is 53.8 Å². The molecule has 1 aromatic carbocycles. The Kier molecular flexibility index (Phi) is 3.82. The highest BCUT2D eigenvalue weighted by atomic mass is 15.1. The highest BCUT2D eigenvalue weighted by molar-refractivity contribution is 5.44. The molecule has 0 atom stereocenters. The van der Waals surface area contributed by atoms with Gasteiger partial charge in [-0.2, -0.15) is 0 Å². The highest BCUT2D eigenvalue weighted by Crippen LogP contribution is 2.17. The third-order valence-corrected chi connectivity index (χ3v) is 3.07. The van der Waals surface area contributed by atoms with Crippen molar-refractivity contribution in [3.63, 3.8) is 0 Å². The van der Waals surface area contributed by atoms with Crippen molar-refractivity contribution in [2.75, 3.05) is 0 Å². The van der Waals surface area contributed by atoms with E-state index in [0.29, 0.717) is 6.04 Å². The molecule has 2 rings (SSSR count). The van der Waals surface area contributed by atoms with Gasteiger partial charge in [0.05, 0.1) is 0 Å². The maximum absolute atomic E-state index is 4.29. The molecule has 1 aromatic heterocycles. The summed E-state index contributed by atoms with van der Waals surface area (Å²) < 4.78 is 2.13. The molecule has 0 unspecified atom stereocenters. The van der Waals surface area contributed by atoms with E-state index >= 15 is 0 Å². The van der Waals surface area contributed by atoms with Crippen LogP contribution in [0.15, 0.2) is 30.6 Å². The smallest absolute Gasteiger partial charge is 0.110 e. The van der Waals surface area contributed by atoms with Crippen LogP contribution in [0.1, 0.15) is 30.8 Å². The normalized spacial score (nSPS) is 11.2. The molecule has 0 aliphatic heterocycles. The van der Waals surface area contributed by atoms with Crippen molar-refractivity contribution < 1.29 is 0 Å². The van der Waals surface area contributed by atoms with Crippen LogP contribution in [0.2, 0.25) is 0 Å². The van der Waals surface area contributed by atoms with Crippen LogP contribution in [0.25, 0.3) is 5.69 Å². The number of imidazole rings is 1. The number of nitrogens with zero attached hydrogens (tertiary/aromatic N) is 2. The molecule has 0 amide bonds. The van der Waals surface area contributed by atoms with Crippen LogP contribution in [-0.4, -0.2) is 15.6 Å². The number of aryl methyl sites for hydroxylation is 2. The van der Waals surface area contributed by atoms with Crippen molar-refractivity contribution in [1.29, 1.82) is 0 Å². The lowest BCUT2D eigenvalue weighted by Crippen LogP contribution is -2.21. The minimum absolute atomic E-state index is 0.504. The standard InChI is InChI=1S/C15H21N3/c1-11(2)17-10-14-6-5-12(3)15(9-14)18-8-7-16-13(18)4/h5-9,11,17H,10H2,1-4H3. The molecule has 18 heavy (non-hydrogen) atoms. The largest absolute Gasteiger partial charge is 0.310 e. The second-order valence-electron chi connectivity index (χ2n) is 5.00. The zero-order chi connectivity index (χ0) is 13.1. The zero-order valence-corrected chi connectivity index (χ0v) is 11.6. The third kappa shape index (κ3) is 2.79. The Morgan fingerprint density at radius 1 is 1.28 bits per heavy atom. The lowest BCUT2D eigenvalue weighted by molar-refractivity contribution is 0.588. The first-order valence-electron chi connectivity index (χ1n) is 6.41. The number of aromatic nitrogens is 2. The maximum Gasteiger partial charge on any atom is 0.110 e. The van der Waals surface area contributed by atoms with E-state index < -0.39 is 0 Å². The van der Waals surface area contributed by atoms with Gasteiger partial charge in [-0.1, -0.05) is 26.0 Å². The van der Waals surface area contributed by atoms with E-state index in [1.54, 1.807) is 0 Å². The zero-order valence-electron chi connectivity index (χ0n) is 11.6. The van der Waals surface area contributed by atoms with E-state index in [4.69, 9.17) is 0 Å². The Labute approximate surface area is 109 Å². The van der Waals surface area contributed by atoms with Crippen molar-refractivity contribution >= 4 is 0 Å². The van der Waals surface area contributed by atoms with Crippen LogP contribution in [0, 0.1) is 13.8 Å². The van der Waals surface area contributed by atoms with Gasteiger partial charge in [0.25, 0.3) is 0 Å². The molecule has 0 saturated heterocycles. The molecule has 0 bridgehead atoms. The average molecular weight is 243 g/mol. The first kappa shape index (κ1) is 12.8. The number of hydrogen-bond donors (Lipinski definition) is 1. The molecule has 96 valence electrons. The second kappa shape index (κ2) is 5.36. The van der Waals surface area contributed by atoms with Gasteiger partial charge in [0, 0.05) is 30.7 Å². The van der Waals surface area contributed by atoms with E-state index in [-0.39, 0.29) is 0 Å². The third-order valence-electron chi connectivity index (χ3n) is 3.07. The van der Waals surface area contributed by atoms with E-state index in [9.17, 15) is 0 Å². The first-order valence-corrected chi connectivity index (χ1v) is 6.41. The van der Waals surface area contributed by atoms with Crippen molar-refractivity contribution in [3.8, 4) is 5.69 Å². The number of rotatable bonds is 4. The van der Waals surface area contributed by atoms with Crippen molar-refractivity contribution in [1.82, 2.24) is 14.9 Å². The van der Waals surface area contributed by atoms with Gasteiger partial charge in [-0.05, 0) is 31.0 Å². The van der Waals surface area contributed by atoms with Crippen LogP contribution in [0.4, 0.5) is 0 Å². The topological polar surface area (TPSA) is 29.9 Å². The van der Waals surface area contributed by atoms with E-state index in [1.807, 2.05) is 19.3 Å². The molecule has 1 N–H and O–H groups in total. The molecule has 3 heteroatoms. The summed E-state index contributed by atoms with van der Waals surface area (Å²) in [6, 6.07) is 7.09. The van der Waals surface area contributed by atoms with Crippen LogP contribution in [-0.2, 0) is 6.54 Å². The Morgan fingerprint density at radius 3 is 2.67 bits per heavy atom. The molecule has 0 aliphatic carbocycles. The van der Waals surface area contributed by atoms with Crippen molar-refractivity contribution in [3.05, 3.63) is 47.5 Å². The summed E-state index contributed by atoms with van der Waals surface area (Å²) in [4.78, 5) is 4.29. The minimum Gasteiger partial charge on any atom is -0.310 e. The van der Waals surface area contributed by atoms with Crippen molar-refractivity contribution in [2.45, 2.75) is 40.3 Å². The second-order valence-corrected chi connectivity index (χ2v) is 5.00. The lowest BCUT2D eigenvalue weighted by Gasteiger charge is -2.13. The summed E-state index contributed by atoms with van der Waals surface area (Å²) in [5.41, 5.74) is 3.79. The lowest BCUT2D eigenvalue weighted by atomic mass is 10.1. The fourth-order valence-corrected chi connectivity index (χ4v) is 1.98. The molecule has 0 saturated carbocycles. The molecule has 2 aromatic rings. The fraction of sp³-hybridized carbons (Fsp3) is 0.400. The first-order chi connectivity index (χ1) is 8.58. The van der Waals surface area contributed by atoms with Crippen molar-refractivity contribution in [2.24, 2.45) is 0 Å². The molecule has 0 fully saturated rings. The Morgan fingerprint density at radius 2 is 2.06 bits per heavy atom. The molecule has 0 aliphatic rings. The Hall–Kier alpha value is -1.61. The predicted octanol–water partition coefficient (Wildman–Crippen LogP) is 2.99. The van der Waals surface area contributed by atoms with Gasteiger partial charge in [-0.25, -0.2) is 4.98 Å². The maximum atomic E-state index is 4.29. The summed E-state index contributed by atoms with van der Waals surface area (Å²) in [5.74, 6) is 1.02. The molecule has 0 spiro atoms. The van der Waals surface area contributed by atoms with Gasteiger partial charge in [0.2, 0.25) is 0 Å². The molecule has 3 nitrogen and oxygen atoms in total. The van der Waals surface area contributed by atoms with Gasteiger partial charge < -0.3 is 9.88 Å². The van der Waals surface area contributed by atoms with Gasteiger partial charge >= 0.3 is 0 Å². The predicted molar refractivity (Wildman–Crippen MR) is 75.0 cm³/mol. The van der Waals surface area contributed by atoms with Gasteiger partial charge in [0.15, 0.2) is 0 Å². The number of hydrogen-bond acceptors (Lipinski definition) is 2. The summed E-state index contributed by atoms with van der Waals surface area (Å²) in [7, 11) is 0. The van der Waals surface area contributed by atoms with Crippen LogP contribution >= 0.6 is 0 Å². The summed E-state index contributed by atoms with van der Waals surface area (Å²) in [5, 5.41) is 3.44. The highest BCUT2D eigenvalue weighted by Gasteiger charge is 2.05. The van der Waals surface area contributed by atoms with Crippen LogP contribution in [0.3, 0.4) is 0 Å². The van der Waals surface area contributed by atoms with Crippen LogP contribution in [0.5, 0.6) is 0 Å². The SMILES string of the molecule is Cc1ccc(CNC(C)C)cc1-n1ccnc1C. The molecular formula is C15H21N3.